The Morgan fingerprint density at radius 3 is 2.78 bits per heavy atom. The van der Waals surface area contributed by atoms with Crippen molar-refractivity contribution in [3.05, 3.63) is 57.9 Å². The van der Waals surface area contributed by atoms with Gasteiger partial charge in [0.25, 0.3) is 5.91 Å². The number of carbonyl (C=O) groups excluding carboxylic acids is 1. The van der Waals surface area contributed by atoms with Crippen LogP contribution in [-0.4, -0.2) is 10.9 Å². The van der Waals surface area contributed by atoms with Gasteiger partial charge in [-0.25, -0.2) is 9.37 Å². The van der Waals surface area contributed by atoms with E-state index in [9.17, 15) is 9.18 Å². The smallest absolute Gasteiger partial charge is 0.258 e. The zero-order valence-corrected chi connectivity index (χ0v) is 11.2. The fourth-order valence-electron chi connectivity index (χ4n) is 1.40. The highest BCUT2D eigenvalue weighted by atomic mass is 79.9. The minimum absolute atomic E-state index is 0.234. The van der Waals surface area contributed by atoms with Crippen molar-refractivity contribution in [2.24, 2.45) is 0 Å². The first kappa shape index (κ1) is 12.7. The molecule has 92 valence electrons. The Bertz CT molecular complexity index is 584. The minimum Gasteiger partial charge on any atom is -0.307 e. The summed E-state index contributed by atoms with van der Waals surface area (Å²) in [5.74, 6) is -0.431. The van der Waals surface area contributed by atoms with Gasteiger partial charge in [-0.2, -0.15) is 0 Å². The summed E-state index contributed by atoms with van der Waals surface area (Å²) in [7, 11) is 0. The first-order valence-electron chi connectivity index (χ1n) is 5.25. The van der Waals surface area contributed by atoms with Gasteiger partial charge in [0.2, 0.25) is 0 Å². The van der Waals surface area contributed by atoms with E-state index >= 15 is 0 Å². The van der Waals surface area contributed by atoms with Gasteiger partial charge in [0.1, 0.15) is 11.6 Å². The first-order valence-corrected chi connectivity index (χ1v) is 6.04. The second-order valence-corrected chi connectivity index (χ2v) is 4.65. The first-order chi connectivity index (χ1) is 8.56. The summed E-state index contributed by atoms with van der Waals surface area (Å²) < 4.78 is 13.6. The molecule has 3 nitrogen and oxygen atoms in total. The lowest BCUT2D eigenvalue weighted by Gasteiger charge is -2.06. The summed E-state index contributed by atoms with van der Waals surface area (Å²) in [6.07, 6.45) is 1.65. The fraction of sp³-hybridized carbons (Fsp3) is 0.0769. The number of carbonyl (C=O) groups is 1. The quantitative estimate of drug-likeness (QED) is 0.922. The Kier molecular flexibility index (Phi) is 3.72. The third-order valence-corrected chi connectivity index (χ3v) is 3.02. The Labute approximate surface area is 112 Å². The number of rotatable bonds is 2. The molecule has 0 bridgehead atoms. The summed E-state index contributed by atoms with van der Waals surface area (Å²) in [4.78, 5) is 16.0. The molecule has 0 aliphatic carbocycles. The van der Waals surface area contributed by atoms with Crippen molar-refractivity contribution in [1.29, 1.82) is 0 Å². The fourth-order valence-corrected chi connectivity index (χ4v) is 1.82. The summed E-state index contributed by atoms with van der Waals surface area (Å²) >= 11 is 3.21. The Morgan fingerprint density at radius 1 is 1.33 bits per heavy atom. The molecule has 2 aromatic rings. The number of nitrogens with zero attached hydrogens (tertiary/aromatic N) is 1. The van der Waals surface area contributed by atoms with Crippen LogP contribution in [-0.2, 0) is 0 Å². The SMILES string of the molecule is Cc1ccc(NC(=O)c2cc(F)ccc2Br)nc1. The van der Waals surface area contributed by atoms with E-state index in [-0.39, 0.29) is 5.56 Å². The molecule has 0 aliphatic heterocycles. The number of halogens is 2. The lowest BCUT2D eigenvalue weighted by atomic mass is 10.2. The highest BCUT2D eigenvalue weighted by molar-refractivity contribution is 9.10. The van der Waals surface area contributed by atoms with Crippen molar-refractivity contribution in [3.63, 3.8) is 0 Å². The molecule has 1 aromatic heterocycles. The average molecular weight is 309 g/mol. The van der Waals surface area contributed by atoms with Gasteiger partial charge in [-0.3, -0.25) is 4.79 Å². The van der Waals surface area contributed by atoms with Gasteiger partial charge in [0.05, 0.1) is 5.56 Å². The van der Waals surface area contributed by atoms with Gasteiger partial charge in [-0.05, 0) is 52.7 Å². The van der Waals surface area contributed by atoms with Crippen molar-refractivity contribution >= 4 is 27.7 Å². The summed E-state index contributed by atoms with van der Waals surface area (Å²) in [6, 6.07) is 7.48. The number of pyridine rings is 1. The maximum Gasteiger partial charge on any atom is 0.258 e. The molecule has 18 heavy (non-hydrogen) atoms. The van der Waals surface area contributed by atoms with Crippen LogP contribution in [0.2, 0.25) is 0 Å². The molecule has 1 amide bonds. The van der Waals surface area contributed by atoms with E-state index in [0.717, 1.165) is 5.56 Å². The zero-order valence-electron chi connectivity index (χ0n) is 9.58. The molecule has 0 spiro atoms. The molecule has 1 heterocycles. The van der Waals surface area contributed by atoms with Gasteiger partial charge in [-0.15, -0.1) is 0 Å². The van der Waals surface area contributed by atoms with Crippen molar-refractivity contribution in [3.8, 4) is 0 Å². The van der Waals surface area contributed by atoms with E-state index < -0.39 is 11.7 Å². The van der Waals surface area contributed by atoms with Gasteiger partial charge in [-0.1, -0.05) is 6.07 Å². The zero-order chi connectivity index (χ0) is 13.1. The molecule has 0 aliphatic rings. The molecular formula is C13H10BrFN2O. The molecule has 2 rings (SSSR count). The monoisotopic (exact) mass is 308 g/mol. The van der Waals surface area contributed by atoms with Crippen LogP contribution in [0.3, 0.4) is 0 Å². The maximum atomic E-state index is 13.1. The summed E-state index contributed by atoms with van der Waals surface area (Å²) in [5.41, 5.74) is 1.23. The number of amides is 1. The van der Waals surface area contributed by atoms with E-state index in [4.69, 9.17) is 0 Å². The third kappa shape index (κ3) is 2.92. The van der Waals surface area contributed by atoms with E-state index in [1.807, 2.05) is 13.0 Å². The van der Waals surface area contributed by atoms with E-state index in [2.05, 4.69) is 26.2 Å². The van der Waals surface area contributed by atoms with Crippen molar-refractivity contribution in [1.82, 2.24) is 4.98 Å². The molecule has 0 radical (unpaired) electrons. The van der Waals surface area contributed by atoms with Crippen LogP contribution in [0, 0.1) is 12.7 Å². The second-order valence-electron chi connectivity index (χ2n) is 3.80. The molecule has 0 saturated carbocycles. The van der Waals surface area contributed by atoms with E-state index in [1.54, 1.807) is 12.3 Å². The number of hydrogen-bond acceptors (Lipinski definition) is 2. The number of nitrogens with one attached hydrogen (secondary N) is 1. The third-order valence-electron chi connectivity index (χ3n) is 2.33. The molecule has 0 atom stereocenters. The molecule has 1 N–H and O–H groups in total. The van der Waals surface area contributed by atoms with Gasteiger partial charge >= 0.3 is 0 Å². The van der Waals surface area contributed by atoms with E-state index in [1.165, 1.54) is 18.2 Å². The van der Waals surface area contributed by atoms with Crippen LogP contribution in [0.4, 0.5) is 10.2 Å². The van der Waals surface area contributed by atoms with Crippen LogP contribution >= 0.6 is 15.9 Å². The largest absolute Gasteiger partial charge is 0.307 e. The second kappa shape index (κ2) is 5.27. The number of aromatic nitrogens is 1. The van der Waals surface area contributed by atoms with Crippen LogP contribution in [0.1, 0.15) is 15.9 Å². The van der Waals surface area contributed by atoms with Gasteiger partial charge in [0, 0.05) is 10.7 Å². The van der Waals surface area contributed by atoms with Crippen molar-refractivity contribution < 1.29 is 9.18 Å². The van der Waals surface area contributed by atoms with E-state index in [0.29, 0.717) is 10.3 Å². The van der Waals surface area contributed by atoms with Crippen molar-refractivity contribution in [2.45, 2.75) is 6.92 Å². The predicted octanol–water partition coefficient (Wildman–Crippen LogP) is 3.54. The molecule has 0 unspecified atom stereocenters. The summed E-state index contributed by atoms with van der Waals surface area (Å²) in [5, 5.41) is 2.61. The lowest BCUT2D eigenvalue weighted by Crippen LogP contribution is -2.13. The molecule has 5 heteroatoms. The average Bonchev–Trinajstić information content (AvgIpc) is 2.35. The van der Waals surface area contributed by atoms with Crippen LogP contribution in [0.15, 0.2) is 41.0 Å². The number of benzene rings is 1. The predicted molar refractivity (Wildman–Crippen MR) is 71.0 cm³/mol. The van der Waals surface area contributed by atoms with Crippen molar-refractivity contribution in [2.75, 3.05) is 5.32 Å². The minimum atomic E-state index is -0.458. The maximum absolute atomic E-state index is 13.1. The highest BCUT2D eigenvalue weighted by Crippen LogP contribution is 2.19. The molecular weight excluding hydrogens is 299 g/mol. The Morgan fingerprint density at radius 2 is 2.11 bits per heavy atom. The standard InChI is InChI=1S/C13H10BrFN2O/c1-8-2-5-12(16-7-8)17-13(18)10-6-9(15)3-4-11(10)14/h2-7H,1H3,(H,16,17,18). The highest BCUT2D eigenvalue weighted by Gasteiger charge is 2.11. The van der Waals surface area contributed by atoms with Crippen LogP contribution in [0.5, 0.6) is 0 Å². The normalized spacial score (nSPS) is 10.2. The summed E-state index contributed by atoms with van der Waals surface area (Å²) in [6.45, 7) is 1.90. The Balaban J connectivity index is 2.21. The van der Waals surface area contributed by atoms with Gasteiger partial charge < -0.3 is 5.32 Å². The number of aryl methyl sites for hydroxylation is 1. The lowest BCUT2D eigenvalue weighted by molar-refractivity contribution is 0.102. The molecule has 0 fully saturated rings. The molecule has 0 saturated heterocycles. The number of anilines is 1. The van der Waals surface area contributed by atoms with Crippen LogP contribution < -0.4 is 5.32 Å². The van der Waals surface area contributed by atoms with Crippen LogP contribution in [0.25, 0.3) is 0 Å². The number of hydrogen-bond donors (Lipinski definition) is 1. The Hall–Kier alpha value is -1.75. The van der Waals surface area contributed by atoms with Gasteiger partial charge in [0.15, 0.2) is 0 Å². The topological polar surface area (TPSA) is 42.0 Å². The molecule has 1 aromatic carbocycles.